The molecule has 5 aliphatic carbocycles. The Bertz CT molecular complexity index is 1220. The van der Waals surface area contributed by atoms with E-state index in [1.54, 1.807) is 12.0 Å². The summed E-state index contributed by atoms with van der Waals surface area (Å²) in [6.45, 7) is 4.27. The number of hydrogen-bond donors (Lipinski definition) is 1. The number of ketones is 1. The van der Waals surface area contributed by atoms with Gasteiger partial charge in [0.25, 0.3) is 0 Å². The van der Waals surface area contributed by atoms with Crippen LogP contribution < -0.4 is 0 Å². The minimum Gasteiger partial charge on any atom is -0.390 e. The van der Waals surface area contributed by atoms with Gasteiger partial charge in [-0.2, -0.15) is 5.06 Å². The fourth-order valence-corrected chi connectivity index (χ4v) is 9.88. The van der Waals surface area contributed by atoms with Crippen molar-refractivity contribution in [3.63, 3.8) is 0 Å². The van der Waals surface area contributed by atoms with Crippen LogP contribution >= 0.6 is 23.4 Å². The third-order valence-corrected chi connectivity index (χ3v) is 11.7. The number of thioether (sulfide) groups is 1. The van der Waals surface area contributed by atoms with E-state index in [0.717, 1.165) is 6.08 Å². The molecule has 0 bridgehead atoms. The zero-order chi connectivity index (χ0) is 28.0. The summed E-state index contributed by atoms with van der Waals surface area (Å²) in [4.78, 5) is 32.4. The van der Waals surface area contributed by atoms with Gasteiger partial charge < -0.3 is 5.11 Å². The van der Waals surface area contributed by atoms with E-state index in [4.69, 9.17) is 16.4 Å². The van der Waals surface area contributed by atoms with Gasteiger partial charge in [-0.3, -0.25) is 14.4 Å². The number of carbonyl (C=O) groups is 2. The van der Waals surface area contributed by atoms with Crippen molar-refractivity contribution in [3.8, 4) is 0 Å². The Balaban J connectivity index is 1.37. The molecule has 10 heteroatoms. The largest absolute Gasteiger partial charge is 0.390 e. The summed E-state index contributed by atoms with van der Waals surface area (Å²) in [6.07, 6.45) is 7.26. The topological polar surface area (TPSA) is 66.8 Å². The molecule has 212 valence electrons. The van der Waals surface area contributed by atoms with Gasteiger partial charge in [0.1, 0.15) is 12.2 Å². The van der Waals surface area contributed by atoms with Crippen LogP contribution in [0.1, 0.15) is 39.5 Å². The van der Waals surface area contributed by atoms with E-state index in [1.165, 1.54) is 12.2 Å². The van der Waals surface area contributed by atoms with Gasteiger partial charge in [-0.25, -0.2) is 13.2 Å². The number of halogens is 4. The van der Waals surface area contributed by atoms with Crippen molar-refractivity contribution in [3.05, 3.63) is 47.1 Å². The van der Waals surface area contributed by atoms with E-state index in [2.05, 4.69) is 0 Å². The van der Waals surface area contributed by atoms with Crippen LogP contribution in [0.5, 0.6) is 0 Å². The van der Waals surface area contributed by atoms with Crippen LogP contribution in [0, 0.1) is 34.5 Å². The molecule has 5 nitrogen and oxygen atoms in total. The van der Waals surface area contributed by atoms with Crippen molar-refractivity contribution >= 4 is 34.3 Å². The van der Waals surface area contributed by atoms with Crippen molar-refractivity contribution in [2.45, 2.75) is 63.1 Å². The lowest BCUT2D eigenvalue weighted by Crippen LogP contribution is -2.70. The maximum absolute atomic E-state index is 17.5. The highest BCUT2D eigenvalue weighted by Crippen LogP contribution is 2.73. The quantitative estimate of drug-likeness (QED) is 0.478. The molecule has 3 saturated carbocycles. The lowest BCUT2D eigenvalue weighted by Gasteiger charge is -2.63. The lowest BCUT2D eigenvalue weighted by atomic mass is 9.44. The third-order valence-electron chi connectivity index (χ3n) is 10.7. The van der Waals surface area contributed by atoms with Crippen molar-refractivity contribution in [2.24, 2.45) is 34.5 Å². The predicted molar refractivity (Wildman–Crippen MR) is 143 cm³/mol. The second-order valence-corrected chi connectivity index (χ2v) is 13.8. The molecule has 6 rings (SSSR count). The Morgan fingerprint density at radius 2 is 2.05 bits per heavy atom. The number of carbonyl (C=O) groups excluding carboxylic acids is 2. The fourth-order valence-electron chi connectivity index (χ4n) is 8.96. The number of aliphatic hydroxyl groups excluding tert-OH is 1. The monoisotopic (exact) mass is 583 g/mol. The van der Waals surface area contributed by atoms with Crippen LogP contribution in [-0.4, -0.2) is 63.7 Å². The summed E-state index contributed by atoms with van der Waals surface area (Å²) < 4.78 is 46.8. The van der Waals surface area contributed by atoms with Crippen LogP contribution in [0.25, 0.3) is 0 Å². The Morgan fingerprint density at radius 1 is 1.28 bits per heavy atom. The summed E-state index contributed by atoms with van der Waals surface area (Å²) in [7, 11) is 0. The lowest BCUT2D eigenvalue weighted by molar-refractivity contribution is -0.264. The number of nitrogens with zero attached hydrogens (tertiary/aromatic N) is 1. The average Bonchev–Trinajstić information content (AvgIpc) is 3.36. The first-order chi connectivity index (χ1) is 18.4. The Hall–Kier alpha value is -1.39. The van der Waals surface area contributed by atoms with Crippen LogP contribution in [0.2, 0.25) is 0 Å². The van der Waals surface area contributed by atoms with Crippen molar-refractivity contribution in [1.82, 2.24) is 5.06 Å². The molecule has 0 aromatic heterocycles. The predicted octanol–water partition coefficient (Wildman–Crippen LogP) is 5.40. The van der Waals surface area contributed by atoms with Gasteiger partial charge in [-0.15, -0.1) is 0 Å². The minimum absolute atomic E-state index is 0.0606. The SMILES string of the molecule is C[C@]12C=CC(=O)C=C1[C@@H](F)C[C@H]1[C@@H]3C[C@H]4CN(CC5C=CC(Cl)=CC5)O[C@@]4(C(=O)SCF)[C@@]3(C)C[C@H](O)[C@@]12F. The van der Waals surface area contributed by atoms with E-state index in [0.29, 0.717) is 42.7 Å². The Kier molecular flexibility index (Phi) is 6.63. The average molecular weight is 584 g/mol. The number of aliphatic hydroxyl groups is 1. The molecule has 0 spiro atoms. The molecule has 1 aliphatic heterocycles. The number of allylic oxidation sites excluding steroid dienone is 7. The second-order valence-electron chi connectivity index (χ2n) is 12.5. The van der Waals surface area contributed by atoms with Gasteiger partial charge in [-0.05, 0) is 68.2 Å². The van der Waals surface area contributed by atoms with Crippen molar-refractivity contribution < 1.29 is 32.7 Å². The summed E-state index contributed by atoms with van der Waals surface area (Å²) in [5, 5.41) is 13.6. The molecule has 0 amide bonds. The van der Waals surface area contributed by atoms with E-state index >= 15 is 8.78 Å². The highest BCUT2D eigenvalue weighted by Gasteiger charge is 2.79. The molecule has 1 unspecified atom stereocenters. The van der Waals surface area contributed by atoms with E-state index in [9.17, 15) is 19.1 Å². The molecular formula is C29H33ClF3NO4S. The van der Waals surface area contributed by atoms with E-state index in [-0.39, 0.29) is 30.3 Å². The molecule has 1 heterocycles. The first-order valence-electron chi connectivity index (χ1n) is 13.6. The van der Waals surface area contributed by atoms with Crippen LogP contribution in [0.15, 0.2) is 47.1 Å². The normalized spacial score (nSPS) is 48.6. The fraction of sp³-hybridized carbons (Fsp3) is 0.655. The molecule has 1 saturated heterocycles. The highest BCUT2D eigenvalue weighted by atomic mass is 35.5. The maximum atomic E-state index is 17.5. The third kappa shape index (κ3) is 3.65. The second kappa shape index (κ2) is 9.31. The summed E-state index contributed by atoms with van der Waals surface area (Å²) in [6, 6.07) is -0.928. The summed E-state index contributed by atoms with van der Waals surface area (Å²) >= 11 is 6.60. The number of hydrogen-bond acceptors (Lipinski definition) is 6. The standard InChI is InChI=1S/C29H33ClF3NO4S/c1-26-8-7-19(35)10-22(26)23(32)11-21-20-9-17-14-34(13-16-3-5-18(30)6-4-16)38-29(17,25(37)39-15-31)27(20,2)12-24(36)28(21,26)33/h3,5-8,10,16-17,20-21,23-24,36H,4,9,11-15H2,1-2H3/t16?,17-,20-,21-,23-,24-,26-,27-,28-,29-/m0/s1. The Morgan fingerprint density at radius 3 is 2.74 bits per heavy atom. The molecule has 10 atom stereocenters. The Labute approximate surface area is 235 Å². The zero-order valence-corrected chi connectivity index (χ0v) is 23.5. The van der Waals surface area contributed by atoms with Crippen LogP contribution in [0.4, 0.5) is 13.2 Å². The molecule has 0 aromatic rings. The molecule has 0 aromatic carbocycles. The molecule has 0 radical (unpaired) electrons. The number of rotatable bonds is 4. The van der Waals surface area contributed by atoms with Gasteiger partial charge in [0.2, 0.25) is 5.12 Å². The minimum atomic E-state index is -2.24. The van der Waals surface area contributed by atoms with Gasteiger partial charge in [0, 0.05) is 40.8 Å². The molecule has 6 aliphatic rings. The number of alkyl halides is 3. The van der Waals surface area contributed by atoms with Gasteiger partial charge in [-0.1, -0.05) is 48.5 Å². The van der Waals surface area contributed by atoms with Crippen LogP contribution in [-0.2, 0) is 14.4 Å². The zero-order valence-electron chi connectivity index (χ0n) is 21.9. The summed E-state index contributed by atoms with van der Waals surface area (Å²) in [5.74, 6) is -2.06. The number of hydroxylamine groups is 2. The molecule has 39 heavy (non-hydrogen) atoms. The summed E-state index contributed by atoms with van der Waals surface area (Å²) in [5.41, 5.74) is -6.20. The maximum Gasteiger partial charge on any atom is 0.226 e. The van der Waals surface area contributed by atoms with Crippen molar-refractivity contribution in [1.29, 1.82) is 0 Å². The van der Waals surface area contributed by atoms with E-state index in [1.807, 2.05) is 25.2 Å². The van der Waals surface area contributed by atoms with Gasteiger partial charge >= 0.3 is 0 Å². The molecule has 4 fully saturated rings. The smallest absolute Gasteiger partial charge is 0.226 e. The number of fused-ring (bicyclic) bond motifs is 7. The van der Waals surface area contributed by atoms with Crippen molar-refractivity contribution in [2.75, 3.05) is 19.1 Å². The van der Waals surface area contributed by atoms with Crippen LogP contribution in [0.3, 0.4) is 0 Å². The molecule has 1 N–H and O–H groups in total. The molecular weight excluding hydrogens is 551 g/mol. The highest BCUT2D eigenvalue weighted by molar-refractivity contribution is 8.13. The first kappa shape index (κ1) is 27.8. The van der Waals surface area contributed by atoms with E-state index < -0.39 is 63.1 Å². The van der Waals surface area contributed by atoms with Gasteiger partial charge in [0.05, 0.1) is 6.10 Å². The van der Waals surface area contributed by atoms with Gasteiger partial charge in [0.15, 0.2) is 17.1 Å². The first-order valence-corrected chi connectivity index (χ1v) is 14.9.